The average molecular weight is 545 g/mol. The molecular formula is C33H60N4S. The molecule has 0 saturated carbocycles. The second-order valence-corrected chi connectivity index (χ2v) is 9.60. The van der Waals surface area contributed by atoms with Crippen molar-refractivity contribution in [3.63, 3.8) is 0 Å². The Morgan fingerprint density at radius 2 is 1.50 bits per heavy atom. The van der Waals surface area contributed by atoms with Crippen LogP contribution in [-0.2, 0) is 0 Å². The van der Waals surface area contributed by atoms with E-state index in [1.807, 2.05) is 51.1 Å². The molecule has 0 aliphatic rings. The summed E-state index contributed by atoms with van der Waals surface area (Å²) >= 11 is 5.02. The fourth-order valence-corrected chi connectivity index (χ4v) is 2.22. The van der Waals surface area contributed by atoms with Crippen LogP contribution < -0.4 is 22.0 Å². The van der Waals surface area contributed by atoms with Crippen LogP contribution >= 0.6 is 12.2 Å². The van der Waals surface area contributed by atoms with Gasteiger partial charge >= 0.3 is 0 Å². The highest BCUT2D eigenvalue weighted by atomic mass is 32.1. The molecule has 2 aromatic rings. The maximum absolute atomic E-state index is 5.80. The Balaban J connectivity index is -0.000000210. The minimum Gasteiger partial charge on any atom is -0.397 e. The minimum atomic E-state index is 0.669. The van der Waals surface area contributed by atoms with Crippen LogP contribution in [0.3, 0.4) is 0 Å². The molecule has 0 unspecified atom stereocenters. The molecule has 1 aromatic carbocycles. The third-order valence-corrected chi connectivity index (χ3v) is 4.65. The van der Waals surface area contributed by atoms with Crippen molar-refractivity contribution in [3.05, 3.63) is 70.4 Å². The Morgan fingerprint density at radius 3 is 1.79 bits per heavy atom. The third-order valence-electron chi connectivity index (χ3n) is 4.42. The maximum atomic E-state index is 5.80. The van der Waals surface area contributed by atoms with Gasteiger partial charge in [-0.05, 0) is 46.2 Å². The van der Waals surface area contributed by atoms with Crippen molar-refractivity contribution in [2.75, 3.05) is 7.05 Å². The molecule has 1 aromatic heterocycles. The van der Waals surface area contributed by atoms with Gasteiger partial charge in [0.2, 0.25) is 0 Å². The first kappa shape index (κ1) is 42.6. The zero-order valence-corrected chi connectivity index (χ0v) is 27.6. The zero-order chi connectivity index (χ0) is 30.5. The SMILES string of the molecule is C=C/C=c1/c(/C(N)=C/C)n[nH]/c1=C/C.CC(=S)c1cccc(C)c1.CC(C)C.CCCC.CCCC.CN. The van der Waals surface area contributed by atoms with E-state index in [-0.39, 0.29) is 0 Å². The average Bonchev–Trinajstić information content (AvgIpc) is 3.32. The molecule has 2 rings (SSSR count). The quantitative estimate of drug-likeness (QED) is 0.262. The second kappa shape index (κ2) is 30.7. The predicted molar refractivity (Wildman–Crippen MR) is 181 cm³/mol. The lowest BCUT2D eigenvalue weighted by atomic mass is 10.1. The van der Waals surface area contributed by atoms with E-state index in [1.165, 1.54) is 38.3 Å². The van der Waals surface area contributed by atoms with Crippen molar-refractivity contribution >= 4 is 34.9 Å². The number of nitrogens with one attached hydrogen (secondary N) is 1. The van der Waals surface area contributed by atoms with Crippen molar-refractivity contribution in [2.24, 2.45) is 17.4 Å². The van der Waals surface area contributed by atoms with Crippen LogP contribution in [0.1, 0.15) is 112 Å². The number of hydrogen-bond acceptors (Lipinski definition) is 4. The van der Waals surface area contributed by atoms with E-state index in [0.29, 0.717) is 5.70 Å². The Labute approximate surface area is 241 Å². The molecule has 5 N–H and O–H groups in total. The second-order valence-electron chi connectivity index (χ2n) is 8.99. The molecule has 0 amide bonds. The minimum absolute atomic E-state index is 0.669. The Morgan fingerprint density at radius 1 is 1.03 bits per heavy atom. The number of thiocarbonyl (C=S) groups is 1. The summed E-state index contributed by atoms with van der Waals surface area (Å²) in [5.74, 6) is 0.833. The molecule has 0 bridgehead atoms. The van der Waals surface area contributed by atoms with Crippen molar-refractivity contribution in [1.82, 2.24) is 10.2 Å². The first-order valence-electron chi connectivity index (χ1n) is 13.9. The number of nitrogens with zero attached hydrogens (tertiary/aromatic N) is 1. The van der Waals surface area contributed by atoms with E-state index in [0.717, 1.165) is 32.6 Å². The van der Waals surface area contributed by atoms with Crippen LogP contribution in [0.2, 0.25) is 0 Å². The molecule has 1 heterocycles. The summed E-state index contributed by atoms with van der Waals surface area (Å²) in [6, 6.07) is 8.24. The molecule has 38 heavy (non-hydrogen) atoms. The number of aryl methyl sites for hydroxylation is 1. The summed E-state index contributed by atoms with van der Waals surface area (Å²) in [7, 11) is 1.50. The predicted octanol–water partition coefficient (Wildman–Crippen LogP) is 8.08. The Kier molecular flexibility index (Phi) is 34.4. The molecular weight excluding hydrogens is 484 g/mol. The van der Waals surface area contributed by atoms with Crippen LogP contribution in [-0.4, -0.2) is 22.1 Å². The van der Waals surface area contributed by atoms with Crippen molar-refractivity contribution < 1.29 is 0 Å². The van der Waals surface area contributed by atoms with Gasteiger partial charge in [0, 0.05) is 10.1 Å². The van der Waals surface area contributed by atoms with Crippen molar-refractivity contribution in [2.45, 2.75) is 102 Å². The summed E-state index contributed by atoms with van der Waals surface area (Å²) in [5, 5.41) is 9.01. The fourth-order valence-electron chi connectivity index (χ4n) is 2.09. The normalized spacial score (nSPS) is 10.6. The Bertz CT molecular complexity index is 958. The number of aromatic nitrogens is 2. The highest BCUT2D eigenvalue weighted by molar-refractivity contribution is 7.80. The van der Waals surface area contributed by atoms with Gasteiger partial charge in [-0.2, -0.15) is 5.10 Å². The van der Waals surface area contributed by atoms with Gasteiger partial charge in [-0.15, -0.1) is 0 Å². The smallest absolute Gasteiger partial charge is 0.115 e. The standard InChI is InChI=1S/C11H15N3.C9H10S.3C4H10.CH5N/c1-4-7-8-10(6-3)13-14-11(8)9(12)5-2;1-7-4-3-5-9(6-7)8(2)10;1-4(2)3;2*1-3-4-2;1-2/h4-7,13H,1,12H2,2-3H3;3-6H,1-2H3;4H,1-3H3;2*3-4H2,1-2H3;2H2,1H3/b8-7+,9-5-,10-6+;;;;;. The lowest BCUT2D eigenvalue weighted by Crippen LogP contribution is -2.25. The first-order chi connectivity index (χ1) is 18.0. The third kappa shape index (κ3) is 25.2. The molecule has 218 valence electrons. The molecule has 4 nitrogen and oxygen atoms in total. The van der Waals surface area contributed by atoms with Gasteiger partial charge in [-0.1, -0.05) is 147 Å². The van der Waals surface area contributed by atoms with Crippen LogP contribution in [0, 0.1) is 12.8 Å². The number of hydrogen-bond donors (Lipinski definition) is 3. The number of allylic oxidation sites excluding steroid dienone is 2. The van der Waals surface area contributed by atoms with Gasteiger partial charge < -0.3 is 11.5 Å². The fraction of sp³-hybridized carbons (Fsp3) is 0.515. The number of H-pyrrole nitrogens is 1. The first-order valence-corrected chi connectivity index (χ1v) is 14.3. The number of rotatable bonds is 5. The van der Waals surface area contributed by atoms with E-state index in [2.05, 4.69) is 90.0 Å². The van der Waals surface area contributed by atoms with Gasteiger partial charge in [0.25, 0.3) is 0 Å². The highest BCUT2D eigenvalue weighted by Crippen LogP contribution is 2.04. The molecule has 0 fully saturated rings. The largest absolute Gasteiger partial charge is 0.397 e. The topological polar surface area (TPSA) is 80.7 Å². The van der Waals surface area contributed by atoms with Gasteiger partial charge in [-0.25, -0.2) is 0 Å². The van der Waals surface area contributed by atoms with E-state index in [1.54, 1.807) is 6.08 Å². The van der Waals surface area contributed by atoms with Gasteiger partial charge in [0.15, 0.2) is 0 Å². The van der Waals surface area contributed by atoms with E-state index >= 15 is 0 Å². The summed E-state index contributed by atoms with van der Waals surface area (Å²) in [6.45, 7) is 26.7. The lowest BCUT2D eigenvalue weighted by molar-refractivity contribution is 0.737. The molecule has 0 aliphatic heterocycles. The van der Waals surface area contributed by atoms with E-state index < -0.39 is 0 Å². The van der Waals surface area contributed by atoms with Crippen LogP contribution in [0.4, 0.5) is 0 Å². The molecule has 0 aliphatic carbocycles. The lowest BCUT2D eigenvalue weighted by Gasteiger charge is -1.97. The van der Waals surface area contributed by atoms with Crippen LogP contribution in [0.15, 0.2) is 43.0 Å². The number of unbranched alkanes of at least 4 members (excludes halogenated alkanes) is 2. The number of aromatic amines is 1. The molecule has 0 atom stereocenters. The summed E-state index contributed by atoms with van der Waals surface area (Å²) in [5.41, 5.74) is 14.2. The van der Waals surface area contributed by atoms with Gasteiger partial charge in [-0.3, -0.25) is 5.10 Å². The zero-order valence-electron chi connectivity index (χ0n) is 26.7. The summed E-state index contributed by atoms with van der Waals surface area (Å²) in [4.78, 5) is 0.962. The molecule has 0 saturated heterocycles. The van der Waals surface area contributed by atoms with E-state index in [4.69, 9.17) is 18.0 Å². The Hall–Kier alpha value is -2.50. The monoisotopic (exact) mass is 544 g/mol. The number of nitrogens with two attached hydrogens (primary N) is 2. The van der Waals surface area contributed by atoms with E-state index in [9.17, 15) is 0 Å². The van der Waals surface area contributed by atoms with Gasteiger partial charge in [0.1, 0.15) is 5.69 Å². The van der Waals surface area contributed by atoms with Crippen LogP contribution in [0.25, 0.3) is 17.8 Å². The van der Waals surface area contributed by atoms with Crippen molar-refractivity contribution in [1.29, 1.82) is 0 Å². The molecule has 0 spiro atoms. The van der Waals surface area contributed by atoms with Crippen molar-refractivity contribution in [3.8, 4) is 0 Å². The maximum Gasteiger partial charge on any atom is 0.115 e. The molecule has 0 radical (unpaired) electrons. The molecule has 5 heteroatoms. The van der Waals surface area contributed by atoms with Gasteiger partial charge in [0.05, 0.1) is 11.0 Å². The summed E-state index contributed by atoms with van der Waals surface area (Å²) < 4.78 is 0. The summed E-state index contributed by atoms with van der Waals surface area (Å²) in [6.07, 6.45) is 12.7. The highest BCUT2D eigenvalue weighted by Gasteiger charge is 2.02. The number of benzene rings is 1. The van der Waals surface area contributed by atoms with Crippen LogP contribution in [0.5, 0.6) is 0 Å².